The van der Waals surface area contributed by atoms with Gasteiger partial charge in [0.1, 0.15) is 18.4 Å². The first-order chi connectivity index (χ1) is 14.5. The molecule has 7 nitrogen and oxygen atoms in total. The van der Waals surface area contributed by atoms with Crippen LogP contribution in [-0.2, 0) is 11.4 Å². The lowest BCUT2D eigenvalue weighted by molar-refractivity contribution is -0.192. The Morgan fingerprint density at radius 1 is 1.29 bits per heavy atom. The molecule has 1 N–H and O–H groups in total. The number of carbonyl (C=O) groups is 1. The molecule has 1 aromatic carbocycles. The van der Waals surface area contributed by atoms with Crippen molar-refractivity contribution >= 4 is 17.6 Å². The summed E-state index contributed by atoms with van der Waals surface area (Å²) in [6, 6.07) is 13.0. The van der Waals surface area contributed by atoms with E-state index < -0.39 is 12.1 Å². The molecule has 0 aliphatic rings. The number of alkyl halides is 3. The number of nitriles is 1. The molecule has 162 valence electrons. The minimum Gasteiger partial charge on any atom is -0.483 e. The van der Waals surface area contributed by atoms with Gasteiger partial charge < -0.3 is 9.84 Å². The Balaban J connectivity index is 0.000000423. The zero-order chi connectivity index (χ0) is 23.2. The van der Waals surface area contributed by atoms with E-state index >= 15 is 0 Å². The molecule has 0 saturated carbocycles. The van der Waals surface area contributed by atoms with Crippen molar-refractivity contribution in [2.75, 3.05) is 0 Å². The van der Waals surface area contributed by atoms with Crippen molar-refractivity contribution in [3.05, 3.63) is 70.3 Å². The predicted octanol–water partition coefficient (Wildman–Crippen LogP) is 4.62. The van der Waals surface area contributed by atoms with Gasteiger partial charge in [0.25, 0.3) is 0 Å². The minimum atomic E-state index is -5.08. The molecule has 3 aromatic rings. The first-order valence-corrected chi connectivity index (χ1v) is 9.01. The zero-order valence-corrected chi connectivity index (χ0v) is 17.1. The Bertz CT molecular complexity index is 1110. The van der Waals surface area contributed by atoms with E-state index in [9.17, 15) is 13.2 Å². The van der Waals surface area contributed by atoms with Gasteiger partial charge in [-0.25, -0.2) is 9.48 Å². The number of halogens is 4. The Hall–Kier alpha value is -3.58. The maximum absolute atomic E-state index is 10.6. The van der Waals surface area contributed by atoms with Crippen LogP contribution in [0.15, 0.2) is 42.6 Å². The van der Waals surface area contributed by atoms with Crippen LogP contribution in [-0.4, -0.2) is 32.0 Å². The first kappa shape index (κ1) is 23.7. The number of nitrogens with zero attached hydrogens (tertiary/aromatic N) is 4. The van der Waals surface area contributed by atoms with E-state index in [2.05, 4.69) is 16.2 Å². The van der Waals surface area contributed by atoms with Crippen LogP contribution in [0.5, 0.6) is 5.75 Å². The van der Waals surface area contributed by atoms with E-state index in [4.69, 9.17) is 31.5 Å². The van der Waals surface area contributed by atoms with Crippen LogP contribution in [0.3, 0.4) is 0 Å². The van der Waals surface area contributed by atoms with Crippen molar-refractivity contribution in [3.8, 4) is 17.5 Å². The average molecular weight is 453 g/mol. The van der Waals surface area contributed by atoms with Gasteiger partial charge in [0, 0.05) is 6.20 Å². The number of aryl methyl sites for hydroxylation is 1. The summed E-state index contributed by atoms with van der Waals surface area (Å²) >= 11 is 6.12. The molecular formula is C20H16ClF3N4O3. The number of pyridine rings is 1. The van der Waals surface area contributed by atoms with Crippen LogP contribution >= 0.6 is 11.6 Å². The summed E-state index contributed by atoms with van der Waals surface area (Å²) in [4.78, 5) is 13.1. The largest absolute Gasteiger partial charge is 0.490 e. The normalized spacial score (nSPS) is 10.6. The van der Waals surface area contributed by atoms with Gasteiger partial charge in [0.15, 0.2) is 5.75 Å². The fraction of sp³-hybridized carbons (Fsp3) is 0.200. The van der Waals surface area contributed by atoms with Gasteiger partial charge in [0.2, 0.25) is 0 Å². The highest BCUT2D eigenvalue weighted by Crippen LogP contribution is 2.27. The van der Waals surface area contributed by atoms with Gasteiger partial charge in [0.05, 0.1) is 27.7 Å². The second-order valence-corrected chi connectivity index (χ2v) is 6.51. The number of hydrogen-bond acceptors (Lipinski definition) is 5. The summed E-state index contributed by atoms with van der Waals surface area (Å²) in [5.74, 6) is -2.03. The topological polar surface area (TPSA) is 101 Å². The van der Waals surface area contributed by atoms with Crippen LogP contribution in [0.25, 0.3) is 5.69 Å². The number of carboxylic acids is 1. The van der Waals surface area contributed by atoms with Gasteiger partial charge in [-0.15, -0.1) is 0 Å². The van der Waals surface area contributed by atoms with E-state index in [1.807, 2.05) is 38.1 Å². The molecule has 0 saturated heterocycles. The molecule has 31 heavy (non-hydrogen) atoms. The van der Waals surface area contributed by atoms with E-state index in [1.165, 1.54) is 0 Å². The number of aliphatic carboxylic acids is 1. The standard InChI is InChI=1S/C18H15ClN4O.C2HF3O2/c1-12-18(24-11-15-5-3-4-8-21-15)13(2)23(22-12)16-7-6-14(10-20)17(19)9-16;3-2(4,5)1(6)7/h3-9H,11H2,1-2H3;(H,6,7). The maximum Gasteiger partial charge on any atom is 0.490 e. The molecule has 0 unspecified atom stereocenters. The molecule has 0 fully saturated rings. The molecule has 0 atom stereocenters. The van der Waals surface area contributed by atoms with E-state index in [1.54, 1.807) is 23.0 Å². The monoisotopic (exact) mass is 452 g/mol. The minimum absolute atomic E-state index is 0.377. The van der Waals surface area contributed by atoms with Crippen LogP contribution in [0.4, 0.5) is 13.2 Å². The molecule has 0 amide bonds. The van der Waals surface area contributed by atoms with Crippen LogP contribution < -0.4 is 4.74 Å². The summed E-state index contributed by atoms with van der Waals surface area (Å²) in [5.41, 5.74) is 3.72. The fourth-order valence-electron chi connectivity index (χ4n) is 2.44. The summed E-state index contributed by atoms with van der Waals surface area (Å²) < 4.78 is 39.4. The Labute approximate surface area is 180 Å². The molecule has 0 bridgehead atoms. The second-order valence-electron chi connectivity index (χ2n) is 6.10. The lowest BCUT2D eigenvalue weighted by atomic mass is 10.2. The maximum atomic E-state index is 10.6. The molecular weight excluding hydrogens is 437 g/mol. The smallest absolute Gasteiger partial charge is 0.483 e. The van der Waals surface area contributed by atoms with E-state index in [0.29, 0.717) is 17.2 Å². The third-order valence-corrected chi connectivity index (χ3v) is 4.19. The quantitative estimate of drug-likeness (QED) is 0.619. The molecule has 3 rings (SSSR count). The number of aromatic nitrogens is 3. The van der Waals surface area contributed by atoms with Gasteiger partial charge in [-0.3, -0.25) is 4.98 Å². The zero-order valence-electron chi connectivity index (χ0n) is 16.3. The van der Waals surface area contributed by atoms with Crippen LogP contribution in [0.1, 0.15) is 22.6 Å². The molecule has 2 aromatic heterocycles. The average Bonchev–Trinajstić information content (AvgIpc) is 3.00. The van der Waals surface area contributed by atoms with E-state index in [-0.39, 0.29) is 0 Å². The van der Waals surface area contributed by atoms with Crippen molar-refractivity contribution in [1.29, 1.82) is 5.26 Å². The third kappa shape index (κ3) is 6.20. The van der Waals surface area contributed by atoms with Gasteiger partial charge in [-0.05, 0) is 44.2 Å². The number of hydrogen-bond donors (Lipinski definition) is 1. The van der Waals surface area contributed by atoms with E-state index in [0.717, 1.165) is 28.5 Å². The van der Waals surface area contributed by atoms with Crippen LogP contribution in [0, 0.1) is 25.2 Å². The lowest BCUT2D eigenvalue weighted by Gasteiger charge is -2.08. The SMILES string of the molecule is Cc1nn(-c2ccc(C#N)c(Cl)c2)c(C)c1OCc1ccccn1.O=C(O)C(F)(F)F. The molecule has 0 aliphatic carbocycles. The molecule has 0 spiro atoms. The second kappa shape index (κ2) is 9.95. The van der Waals surface area contributed by atoms with Gasteiger partial charge >= 0.3 is 12.1 Å². The fourth-order valence-corrected chi connectivity index (χ4v) is 2.66. The number of rotatable bonds is 4. The van der Waals surface area contributed by atoms with Crippen molar-refractivity contribution in [3.63, 3.8) is 0 Å². The van der Waals surface area contributed by atoms with Crippen molar-refractivity contribution in [2.45, 2.75) is 26.6 Å². The number of carboxylic acid groups (broad SMARTS) is 1. The molecule has 2 heterocycles. The van der Waals surface area contributed by atoms with Gasteiger partial charge in [-0.2, -0.15) is 23.5 Å². The molecule has 0 radical (unpaired) electrons. The lowest BCUT2D eigenvalue weighted by Crippen LogP contribution is -2.21. The number of ether oxygens (including phenoxy) is 1. The van der Waals surface area contributed by atoms with Gasteiger partial charge in [-0.1, -0.05) is 17.7 Å². The Morgan fingerprint density at radius 2 is 1.97 bits per heavy atom. The molecule has 11 heteroatoms. The van der Waals surface area contributed by atoms with Crippen molar-refractivity contribution in [1.82, 2.24) is 14.8 Å². The van der Waals surface area contributed by atoms with Crippen molar-refractivity contribution in [2.24, 2.45) is 0 Å². The predicted molar refractivity (Wildman–Crippen MR) is 105 cm³/mol. The highest BCUT2D eigenvalue weighted by atomic mass is 35.5. The summed E-state index contributed by atoms with van der Waals surface area (Å²) in [6.07, 6.45) is -3.35. The summed E-state index contributed by atoms with van der Waals surface area (Å²) in [6.45, 7) is 4.20. The third-order valence-electron chi connectivity index (χ3n) is 3.88. The number of benzene rings is 1. The molecule has 0 aliphatic heterocycles. The van der Waals surface area contributed by atoms with Crippen LogP contribution in [0.2, 0.25) is 5.02 Å². The highest BCUT2D eigenvalue weighted by molar-refractivity contribution is 6.31. The summed E-state index contributed by atoms with van der Waals surface area (Å²) in [5, 5.41) is 21.0. The highest BCUT2D eigenvalue weighted by Gasteiger charge is 2.38. The Kier molecular flexibility index (Phi) is 7.61. The first-order valence-electron chi connectivity index (χ1n) is 8.63. The summed E-state index contributed by atoms with van der Waals surface area (Å²) in [7, 11) is 0. The van der Waals surface area contributed by atoms with Crippen molar-refractivity contribution < 1.29 is 27.8 Å². The Morgan fingerprint density at radius 3 is 2.48 bits per heavy atom.